The standard InChI is InChI=1S/C22H23FN2O5/c1-13(15-9-18(27-2)21(29-4)19(10-15)28-3)24-20(26)11-17-12-30-22(25-17)14-5-7-16(23)8-6-14/h5-10,12-13H,11H2,1-4H3,(H,24,26). The van der Waals surface area contributed by atoms with E-state index in [0.717, 1.165) is 5.56 Å². The number of rotatable bonds is 8. The van der Waals surface area contributed by atoms with Crippen LogP contribution in [0.2, 0.25) is 0 Å². The lowest BCUT2D eigenvalue weighted by atomic mass is 10.1. The minimum absolute atomic E-state index is 0.0411. The molecule has 1 heterocycles. The fraction of sp³-hybridized carbons (Fsp3) is 0.273. The summed E-state index contributed by atoms with van der Waals surface area (Å²) >= 11 is 0. The Morgan fingerprint density at radius 2 is 1.73 bits per heavy atom. The second kappa shape index (κ2) is 9.30. The molecule has 7 nitrogen and oxygen atoms in total. The number of amides is 1. The van der Waals surface area contributed by atoms with Gasteiger partial charge >= 0.3 is 0 Å². The van der Waals surface area contributed by atoms with Crippen molar-refractivity contribution in [3.63, 3.8) is 0 Å². The van der Waals surface area contributed by atoms with Crippen LogP contribution >= 0.6 is 0 Å². The van der Waals surface area contributed by atoms with E-state index >= 15 is 0 Å². The molecule has 0 fully saturated rings. The molecule has 2 aromatic carbocycles. The maximum atomic E-state index is 13.1. The Bertz CT molecular complexity index is 992. The van der Waals surface area contributed by atoms with Gasteiger partial charge in [0.25, 0.3) is 0 Å². The summed E-state index contributed by atoms with van der Waals surface area (Å²) in [5.41, 5.74) is 1.91. The SMILES string of the molecule is COc1cc(C(C)NC(=O)Cc2coc(-c3ccc(F)cc3)n2)cc(OC)c1OC. The van der Waals surface area contributed by atoms with Crippen molar-refractivity contribution in [1.29, 1.82) is 0 Å². The molecule has 0 aliphatic carbocycles. The normalized spacial score (nSPS) is 11.6. The summed E-state index contributed by atoms with van der Waals surface area (Å²) in [4.78, 5) is 16.8. The molecule has 0 radical (unpaired) electrons. The molecule has 158 valence electrons. The lowest BCUT2D eigenvalue weighted by Crippen LogP contribution is -2.28. The summed E-state index contributed by atoms with van der Waals surface area (Å²) < 4.78 is 34.5. The molecule has 0 aliphatic rings. The van der Waals surface area contributed by atoms with Gasteiger partial charge in [-0.1, -0.05) is 0 Å². The number of carbonyl (C=O) groups is 1. The Hall–Kier alpha value is -3.55. The molecular weight excluding hydrogens is 391 g/mol. The van der Waals surface area contributed by atoms with Crippen molar-refractivity contribution in [2.45, 2.75) is 19.4 Å². The van der Waals surface area contributed by atoms with E-state index in [1.807, 2.05) is 6.92 Å². The molecule has 0 spiro atoms. The number of nitrogens with zero attached hydrogens (tertiary/aromatic N) is 1. The monoisotopic (exact) mass is 414 g/mol. The van der Waals surface area contributed by atoms with E-state index in [1.165, 1.54) is 39.7 Å². The molecule has 1 unspecified atom stereocenters. The lowest BCUT2D eigenvalue weighted by Gasteiger charge is -2.18. The molecule has 0 saturated carbocycles. The van der Waals surface area contributed by atoms with E-state index in [-0.39, 0.29) is 24.2 Å². The maximum Gasteiger partial charge on any atom is 0.226 e. The number of benzene rings is 2. The van der Waals surface area contributed by atoms with E-state index < -0.39 is 0 Å². The van der Waals surface area contributed by atoms with Crippen LogP contribution in [-0.4, -0.2) is 32.2 Å². The van der Waals surface area contributed by atoms with Crippen LogP contribution in [0.5, 0.6) is 17.2 Å². The minimum Gasteiger partial charge on any atom is -0.493 e. The molecule has 3 rings (SSSR count). The third kappa shape index (κ3) is 4.71. The van der Waals surface area contributed by atoms with E-state index in [1.54, 1.807) is 24.3 Å². The van der Waals surface area contributed by atoms with Crippen LogP contribution in [0.15, 0.2) is 47.1 Å². The van der Waals surface area contributed by atoms with Crippen LogP contribution < -0.4 is 19.5 Å². The van der Waals surface area contributed by atoms with Gasteiger partial charge in [0, 0.05) is 5.56 Å². The van der Waals surface area contributed by atoms with E-state index in [9.17, 15) is 9.18 Å². The zero-order chi connectivity index (χ0) is 21.7. The molecule has 1 N–H and O–H groups in total. The Kier molecular flexibility index (Phi) is 6.56. The number of ether oxygens (including phenoxy) is 3. The molecule has 30 heavy (non-hydrogen) atoms. The van der Waals surface area contributed by atoms with Gasteiger partial charge in [0.15, 0.2) is 11.5 Å². The van der Waals surface area contributed by atoms with Gasteiger partial charge in [-0.25, -0.2) is 9.37 Å². The molecule has 8 heteroatoms. The summed E-state index contributed by atoms with van der Waals surface area (Å²) in [5, 5.41) is 2.92. The number of halogens is 1. The van der Waals surface area contributed by atoms with E-state index in [2.05, 4.69) is 10.3 Å². The third-order valence-corrected chi connectivity index (χ3v) is 4.55. The highest BCUT2D eigenvalue weighted by atomic mass is 19.1. The van der Waals surface area contributed by atoms with Gasteiger partial charge in [-0.15, -0.1) is 0 Å². The molecule has 0 aliphatic heterocycles. The van der Waals surface area contributed by atoms with Gasteiger partial charge in [0.05, 0.1) is 39.5 Å². The summed E-state index contributed by atoms with van der Waals surface area (Å²) in [7, 11) is 4.60. The largest absolute Gasteiger partial charge is 0.493 e. The Labute approximate surface area is 173 Å². The van der Waals surface area contributed by atoms with Crippen LogP contribution in [-0.2, 0) is 11.2 Å². The van der Waals surface area contributed by atoms with Crippen molar-refractivity contribution in [1.82, 2.24) is 10.3 Å². The fourth-order valence-corrected chi connectivity index (χ4v) is 3.00. The Morgan fingerprint density at radius 3 is 2.30 bits per heavy atom. The summed E-state index contributed by atoms with van der Waals surface area (Å²) in [5.74, 6) is 1.26. The first-order valence-corrected chi connectivity index (χ1v) is 9.24. The van der Waals surface area contributed by atoms with Gasteiger partial charge in [0.2, 0.25) is 17.5 Å². The smallest absolute Gasteiger partial charge is 0.226 e. The molecule has 1 amide bonds. The van der Waals surface area contributed by atoms with Gasteiger partial charge in [-0.05, 0) is 48.9 Å². The predicted molar refractivity (Wildman–Crippen MR) is 108 cm³/mol. The second-order valence-electron chi connectivity index (χ2n) is 6.58. The Morgan fingerprint density at radius 1 is 1.10 bits per heavy atom. The summed E-state index contributed by atoms with van der Waals surface area (Å²) in [6, 6.07) is 9.05. The summed E-state index contributed by atoms with van der Waals surface area (Å²) in [6.45, 7) is 1.85. The summed E-state index contributed by atoms with van der Waals surface area (Å²) in [6.07, 6.45) is 1.46. The zero-order valence-corrected chi connectivity index (χ0v) is 17.2. The highest BCUT2D eigenvalue weighted by Crippen LogP contribution is 2.39. The Balaban J connectivity index is 1.68. The van der Waals surface area contributed by atoms with Crippen molar-refractivity contribution < 1.29 is 27.8 Å². The first kappa shape index (κ1) is 21.2. The second-order valence-corrected chi connectivity index (χ2v) is 6.58. The van der Waals surface area contributed by atoms with E-state index in [0.29, 0.717) is 34.4 Å². The first-order valence-electron chi connectivity index (χ1n) is 9.24. The number of oxazole rings is 1. The van der Waals surface area contributed by atoms with Gasteiger partial charge in [-0.2, -0.15) is 0 Å². The molecule has 1 atom stereocenters. The van der Waals surface area contributed by atoms with E-state index in [4.69, 9.17) is 18.6 Å². The van der Waals surface area contributed by atoms with Crippen LogP contribution in [0.4, 0.5) is 4.39 Å². The number of hydrogen-bond acceptors (Lipinski definition) is 6. The van der Waals surface area contributed by atoms with Crippen LogP contribution in [0.1, 0.15) is 24.2 Å². The number of aromatic nitrogens is 1. The quantitative estimate of drug-likeness (QED) is 0.602. The van der Waals surface area contributed by atoms with Gasteiger partial charge in [0.1, 0.15) is 12.1 Å². The van der Waals surface area contributed by atoms with Crippen LogP contribution in [0, 0.1) is 5.82 Å². The van der Waals surface area contributed by atoms with Crippen molar-refractivity contribution in [3.8, 4) is 28.7 Å². The van der Waals surface area contributed by atoms with Crippen molar-refractivity contribution in [2.24, 2.45) is 0 Å². The number of methoxy groups -OCH3 is 3. The molecule has 0 saturated heterocycles. The molecule has 0 bridgehead atoms. The average molecular weight is 414 g/mol. The van der Waals surface area contributed by atoms with Gasteiger partial charge in [-0.3, -0.25) is 4.79 Å². The third-order valence-electron chi connectivity index (χ3n) is 4.55. The number of nitrogens with one attached hydrogen (secondary N) is 1. The highest BCUT2D eigenvalue weighted by Gasteiger charge is 2.18. The number of hydrogen-bond donors (Lipinski definition) is 1. The maximum absolute atomic E-state index is 13.1. The average Bonchev–Trinajstić information content (AvgIpc) is 3.21. The van der Waals surface area contributed by atoms with Crippen molar-refractivity contribution >= 4 is 5.91 Å². The van der Waals surface area contributed by atoms with Crippen molar-refractivity contribution in [2.75, 3.05) is 21.3 Å². The molecule has 1 aromatic heterocycles. The molecule has 3 aromatic rings. The first-order chi connectivity index (χ1) is 14.4. The molecular formula is C22H23FN2O5. The van der Waals surface area contributed by atoms with Gasteiger partial charge < -0.3 is 23.9 Å². The minimum atomic E-state index is -0.342. The predicted octanol–water partition coefficient (Wildman–Crippen LogP) is 3.93. The van der Waals surface area contributed by atoms with Crippen molar-refractivity contribution in [3.05, 3.63) is 59.7 Å². The number of carbonyl (C=O) groups excluding carboxylic acids is 1. The fourth-order valence-electron chi connectivity index (χ4n) is 3.00. The lowest BCUT2D eigenvalue weighted by molar-refractivity contribution is -0.121. The highest BCUT2D eigenvalue weighted by molar-refractivity contribution is 5.78. The zero-order valence-electron chi connectivity index (χ0n) is 17.2. The van der Waals surface area contributed by atoms with Crippen LogP contribution in [0.3, 0.4) is 0 Å². The topological polar surface area (TPSA) is 82.8 Å². The van der Waals surface area contributed by atoms with Crippen LogP contribution in [0.25, 0.3) is 11.5 Å².